The van der Waals surface area contributed by atoms with E-state index in [1.54, 1.807) is 6.92 Å². The molecule has 144 valence electrons. The predicted octanol–water partition coefficient (Wildman–Crippen LogP) is 3.72. The molecule has 0 aromatic carbocycles. The molecule has 7 heteroatoms. The minimum Gasteiger partial charge on any atom is -0.462 e. The van der Waals surface area contributed by atoms with Crippen molar-refractivity contribution in [2.75, 3.05) is 11.9 Å². The molecular weight excluding hydrogens is 354 g/mol. The van der Waals surface area contributed by atoms with Crippen molar-refractivity contribution in [1.82, 2.24) is 0 Å². The highest BCUT2D eigenvalue weighted by molar-refractivity contribution is 7.17. The number of carbonyl (C=O) groups excluding carboxylic acids is 3. The van der Waals surface area contributed by atoms with E-state index in [0.29, 0.717) is 22.9 Å². The Bertz CT molecular complexity index is 682. The maximum absolute atomic E-state index is 12.4. The second-order valence-electron chi connectivity index (χ2n) is 6.65. The second-order valence-corrected chi connectivity index (χ2v) is 7.75. The van der Waals surface area contributed by atoms with Crippen LogP contribution in [-0.2, 0) is 31.9 Å². The van der Waals surface area contributed by atoms with E-state index in [9.17, 15) is 14.4 Å². The van der Waals surface area contributed by atoms with Crippen LogP contribution in [0.15, 0.2) is 0 Å². The van der Waals surface area contributed by atoms with Crippen molar-refractivity contribution in [3.8, 4) is 0 Å². The molecule has 0 spiro atoms. The molecule has 0 radical (unpaired) electrons. The first kappa shape index (κ1) is 20.4. The monoisotopic (exact) mass is 381 g/mol. The van der Waals surface area contributed by atoms with Gasteiger partial charge in [0.25, 0.3) is 5.91 Å². The molecule has 1 heterocycles. The van der Waals surface area contributed by atoms with E-state index in [2.05, 4.69) is 12.2 Å². The van der Waals surface area contributed by atoms with Crippen LogP contribution < -0.4 is 5.32 Å². The number of carbonyl (C=O) groups is 3. The lowest BCUT2D eigenvalue weighted by molar-refractivity contribution is -0.153. The lowest BCUT2D eigenvalue weighted by Crippen LogP contribution is -2.30. The Morgan fingerprint density at radius 2 is 2.04 bits per heavy atom. The highest BCUT2D eigenvalue weighted by Gasteiger charge is 2.30. The summed E-state index contributed by atoms with van der Waals surface area (Å²) in [5.74, 6) is -0.703. The summed E-state index contributed by atoms with van der Waals surface area (Å²) in [6.45, 7) is 7.61. The van der Waals surface area contributed by atoms with E-state index >= 15 is 0 Å². The van der Waals surface area contributed by atoms with Crippen molar-refractivity contribution in [3.63, 3.8) is 0 Å². The molecule has 0 saturated carbocycles. The molecule has 0 bridgehead atoms. The molecule has 1 amide bonds. The van der Waals surface area contributed by atoms with Gasteiger partial charge in [-0.25, -0.2) is 4.79 Å². The molecule has 2 rings (SSSR count). The minimum atomic E-state index is -0.915. The number of nitrogens with one attached hydrogen (secondary N) is 1. The van der Waals surface area contributed by atoms with E-state index in [4.69, 9.17) is 9.47 Å². The first-order valence-electron chi connectivity index (χ1n) is 9.19. The Kier molecular flexibility index (Phi) is 7.20. The normalized spacial score (nSPS) is 17.2. The highest BCUT2D eigenvalue weighted by Crippen LogP contribution is 2.40. The van der Waals surface area contributed by atoms with Crippen LogP contribution in [0.4, 0.5) is 5.00 Å². The first-order valence-corrected chi connectivity index (χ1v) is 10.0. The Hall–Kier alpha value is -1.89. The van der Waals surface area contributed by atoms with Gasteiger partial charge in [-0.05, 0) is 51.0 Å². The van der Waals surface area contributed by atoms with E-state index in [-0.39, 0.29) is 13.0 Å². The minimum absolute atomic E-state index is 0.275. The van der Waals surface area contributed by atoms with E-state index in [0.717, 1.165) is 29.7 Å². The van der Waals surface area contributed by atoms with Gasteiger partial charge < -0.3 is 14.8 Å². The summed E-state index contributed by atoms with van der Waals surface area (Å²) in [6, 6.07) is 0. The number of thiophene rings is 1. The van der Waals surface area contributed by atoms with Crippen LogP contribution in [0.25, 0.3) is 0 Å². The van der Waals surface area contributed by atoms with E-state index < -0.39 is 23.9 Å². The second kappa shape index (κ2) is 9.16. The third-order valence-electron chi connectivity index (χ3n) is 4.36. The number of anilines is 1. The average Bonchev–Trinajstić information content (AvgIpc) is 2.91. The average molecular weight is 381 g/mol. The number of ether oxygens (including phenoxy) is 2. The first-order chi connectivity index (χ1) is 12.4. The standard InChI is InChI=1S/C19H27NO5S/c1-5-7-15(21)25-12(4)17(22)20-18-16(19(23)24-6-2)13-9-8-11(3)10-14(13)26-18/h11-12H,5-10H2,1-4H3,(H,20,22)/t11-,12-/m0/s1. The predicted molar refractivity (Wildman–Crippen MR) is 101 cm³/mol. The molecule has 1 N–H and O–H groups in total. The van der Waals surface area contributed by atoms with Gasteiger partial charge in [0.05, 0.1) is 12.2 Å². The Labute approximate surface area is 158 Å². The zero-order valence-corrected chi connectivity index (χ0v) is 16.7. The molecule has 1 aliphatic carbocycles. The smallest absolute Gasteiger partial charge is 0.341 e. The summed E-state index contributed by atoms with van der Waals surface area (Å²) in [5, 5.41) is 3.26. The van der Waals surface area contributed by atoms with Gasteiger partial charge in [0.2, 0.25) is 0 Å². The van der Waals surface area contributed by atoms with Gasteiger partial charge in [-0.2, -0.15) is 0 Å². The lowest BCUT2D eigenvalue weighted by atomic mass is 9.88. The lowest BCUT2D eigenvalue weighted by Gasteiger charge is -2.18. The number of amides is 1. The number of fused-ring (bicyclic) bond motifs is 1. The molecule has 2 atom stereocenters. The van der Waals surface area contributed by atoms with Gasteiger partial charge in [-0.3, -0.25) is 9.59 Å². The molecule has 1 aliphatic rings. The van der Waals surface area contributed by atoms with Gasteiger partial charge >= 0.3 is 11.9 Å². The van der Waals surface area contributed by atoms with Gasteiger partial charge in [-0.1, -0.05) is 13.8 Å². The molecule has 1 aromatic rings. The van der Waals surface area contributed by atoms with Crippen molar-refractivity contribution >= 4 is 34.2 Å². The molecule has 0 fully saturated rings. The van der Waals surface area contributed by atoms with Crippen LogP contribution in [0.2, 0.25) is 0 Å². The van der Waals surface area contributed by atoms with Crippen molar-refractivity contribution in [2.24, 2.45) is 5.92 Å². The summed E-state index contributed by atoms with van der Waals surface area (Å²) in [5.41, 5.74) is 1.44. The topological polar surface area (TPSA) is 81.7 Å². The van der Waals surface area contributed by atoms with E-state index in [1.165, 1.54) is 18.3 Å². The molecule has 6 nitrogen and oxygen atoms in total. The number of esters is 2. The van der Waals surface area contributed by atoms with Crippen molar-refractivity contribution in [3.05, 3.63) is 16.0 Å². The summed E-state index contributed by atoms with van der Waals surface area (Å²) in [4.78, 5) is 37.6. The molecule has 1 aromatic heterocycles. The van der Waals surface area contributed by atoms with Crippen molar-refractivity contribution in [1.29, 1.82) is 0 Å². The molecule has 0 saturated heterocycles. The Balaban J connectivity index is 2.21. The largest absolute Gasteiger partial charge is 0.462 e. The highest BCUT2D eigenvalue weighted by atomic mass is 32.1. The quantitative estimate of drug-likeness (QED) is 0.728. The van der Waals surface area contributed by atoms with E-state index in [1.807, 2.05) is 6.92 Å². The van der Waals surface area contributed by atoms with Crippen LogP contribution in [0.3, 0.4) is 0 Å². The fourth-order valence-electron chi connectivity index (χ4n) is 2.99. The summed E-state index contributed by atoms with van der Waals surface area (Å²) >= 11 is 1.42. The maximum Gasteiger partial charge on any atom is 0.341 e. The number of rotatable bonds is 7. The SMILES string of the molecule is CCCC(=O)O[C@@H](C)C(=O)Nc1sc2c(c1C(=O)OCC)CC[C@H](C)C2. The van der Waals surface area contributed by atoms with Crippen LogP contribution in [0, 0.1) is 5.92 Å². The van der Waals surface area contributed by atoms with Crippen LogP contribution in [-0.4, -0.2) is 30.6 Å². The van der Waals surface area contributed by atoms with Gasteiger partial charge in [0, 0.05) is 11.3 Å². The van der Waals surface area contributed by atoms with Crippen LogP contribution in [0.5, 0.6) is 0 Å². The van der Waals surface area contributed by atoms with Gasteiger partial charge in [-0.15, -0.1) is 11.3 Å². The maximum atomic E-state index is 12.4. The van der Waals surface area contributed by atoms with Crippen molar-refractivity contribution < 1.29 is 23.9 Å². The number of hydrogen-bond acceptors (Lipinski definition) is 6. The van der Waals surface area contributed by atoms with Crippen LogP contribution in [0.1, 0.15) is 67.8 Å². The fourth-order valence-corrected chi connectivity index (χ4v) is 4.39. The third-order valence-corrected chi connectivity index (χ3v) is 5.53. The van der Waals surface area contributed by atoms with Gasteiger partial charge in [0.1, 0.15) is 5.00 Å². The summed E-state index contributed by atoms with van der Waals surface area (Å²) in [7, 11) is 0. The molecular formula is C19H27NO5S. The molecule has 0 unspecified atom stereocenters. The van der Waals surface area contributed by atoms with Crippen molar-refractivity contribution in [2.45, 2.75) is 65.9 Å². The van der Waals surface area contributed by atoms with Gasteiger partial charge in [0.15, 0.2) is 6.10 Å². The molecule has 26 heavy (non-hydrogen) atoms. The fraction of sp³-hybridized carbons (Fsp3) is 0.632. The molecule has 0 aliphatic heterocycles. The summed E-state index contributed by atoms with van der Waals surface area (Å²) in [6.07, 6.45) is 2.73. The summed E-state index contributed by atoms with van der Waals surface area (Å²) < 4.78 is 10.3. The zero-order chi connectivity index (χ0) is 19.3. The van der Waals surface area contributed by atoms with Crippen LogP contribution >= 0.6 is 11.3 Å². The number of hydrogen-bond donors (Lipinski definition) is 1. The third kappa shape index (κ3) is 4.84. The Morgan fingerprint density at radius 3 is 2.69 bits per heavy atom. The zero-order valence-electron chi connectivity index (χ0n) is 15.8. The Morgan fingerprint density at radius 1 is 1.31 bits per heavy atom.